The predicted molar refractivity (Wildman–Crippen MR) is 146 cm³/mol. The number of rotatable bonds is 3. The Kier molecular flexibility index (Phi) is 4.74. The molecule has 0 atom stereocenters. The van der Waals surface area contributed by atoms with Crippen LogP contribution in [-0.2, 0) is 0 Å². The van der Waals surface area contributed by atoms with Crippen molar-refractivity contribution in [1.82, 2.24) is 19.9 Å². The van der Waals surface area contributed by atoms with Gasteiger partial charge in [0.15, 0.2) is 5.82 Å². The number of fused-ring (bicyclic) bond motifs is 4. The van der Waals surface area contributed by atoms with E-state index >= 15 is 0 Å². The van der Waals surface area contributed by atoms with Crippen molar-refractivity contribution in [2.75, 3.05) is 0 Å². The molecule has 5 aromatic carbocycles. The summed E-state index contributed by atoms with van der Waals surface area (Å²) in [6.07, 6.45) is 5.38. The summed E-state index contributed by atoms with van der Waals surface area (Å²) in [4.78, 5) is 19.6. The van der Waals surface area contributed by atoms with Crippen LogP contribution in [0.1, 0.15) is 0 Å². The molecule has 0 saturated carbocycles. The Morgan fingerprint density at radius 1 is 0.444 bits per heavy atom. The van der Waals surface area contributed by atoms with Gasteiger partial charge >= 0.3 is 0 Å². The molecule has 0 fully saturated rings. The second kappa shape index (κ2) is 8.36. The lowest BCUT2D eigenvalue weighted by Crippen LogP contribution is -1.99. The average molecular weight is 461 g/mol. The third-order valence-corrected chi connectivity index (χ3v) is 6.62. The van der Waals surface area contributed by atoms with Gasteiger partial charge in [0, 0.05) is 40.7 Å². The van der Waals surface area contributed by atoms with Gasteiger partial charge in [-0.25, -0.2) is 9.97 Å². The predicted octanol–water partition coefficient (Wildman–Crippen LogP) is 7.73. The first-order valence-electron chi connectivity index (χ1n) is 11.9. The standard InChI is InChI=1S/C32H20N4/c1-3-11-22(12-4-1)27-28(23-13-5-2-6-14-23)31-30(33-18-19-34-31)26-20-35-32(36-29(26)27)25-17-9-15-21-10-7-8-16-24(21)25/h1-20H. The van der Waals surface area contributed by atoms with Gasteiger partial charge < -0.3 is 0 Å². The van der Waals surface area contributed by atoms with Crippen LogP contribution >= 0.6 is 0 Å². The fourth-order valence-electron chi connectivity index (χ4n) is 5.02. The zero-order valence-electron chi connectivity index (χ0n) is 19.3. The molecule has 0 aliphatic rings. The van der Waals surface area contributed by atoms with Crippen LogP contribution in [0.2, 0.25) is 0 Å². The van der Waals surface area contributed by atoms with Gasteiger partial charge in [0.25, 0.3) is 0 Å². The summed E-state index contributed by atoms with van der Waals surface area (Å²) < 4.78 is 0. The van der Waals surface area contributed by atoms with E-state index in [0.29, 0.717) is 5.82 Å². The van der Waals surface area contributed by atoms with Crippen molar-refractivity contribution in [3.63, 3.8) is 0 Å². The molecule has 7 rings (SSSR count). The maximum atomic E-state index is 5.23. The first-order chi connectivity index (χ1) is 17.9. The number of hydrogen-bond acceptors (Lipinski definition) is 4. The quantitative estimate of drug-likeness (QED) is 0.253. The van der Waals surface area contributed by atoms with Gasteiger partial charge in [-0.1, -0.05) is 103 Å². The van der Waals surface area contributed by atoms with Gasteiger partial charge in [-0.2, -0.15) is 0 Å². The molecule has 0 spiro atoms. The first kappa shape index (κ1) is 20.4. The molecule has 0 aliphatic carbocycles. The molecule has 4 heteroatoms. The van der Waals surface area contributed by atoms with Crippen molar-refractivity contribution in [3.8, 4) is 33.6 Å². The maximum absolute atomic E-state index is 5.23. The molecule has 36 heavy (non-hydrogen) atoms. The molecule has 2 heterocycles. The SMILES string of the molecule is c1ccc(-c2c(-c3ccccc3)c3nccnc3c3cnc(-c4cccc5ccccc45)nc23)cc1. The van der Waals surface area contributed by atoms with Gasteiger partial charge in [0.05, 0.1) is 11.0 Å². The molecule has 7 aromatic rings. The van der Waals surface area contributed by atoms with Crippen LogP contribution in [0, 0.1) is 0 Å². The second-order valence-corrected chi connectivity index (χ2v) is 8.72. The number of hydrogen-bond donors (Lipinski definition) is 0. The van der Waals surface area contributed by atoms with Crippen molar-refractivity contribution in [2.24, 2.45) is 0 Å². The van der Waals surface area contributed by atoms with Crippen LogP contribution in [-0.4, -0.2) is 19.9 Å². The topological polar surface area (TPSA) is 51.6 Å². The minimum absolute atomic E-state index is 0.693. The van der Waals surface area contributed by atoms with E-state index in [1.807, 2.05) is 18.3 Å². The lowest BCUT2D eigenvalue weighted by molar-refractivity contribution is 1.23. The molecule has 0 bridgehead atoms. The Labute approximate surface area is 208 Å². The Morgan fingerprint density at radius 3 is 1.81 bits per heavy atom. The van der Waals surface area contributed by atoms with Gasteiger partial charge in [0.1, 0.15) is 5.52 Å². The molecule has 2 aromatic heterocycles. The zero-order valence-corrected chi connectivity index (χ0v) is 19.3. The third kappa shape index (κ3) is 3.23. The molecule has 4 nitrogen and oxygen atoms in total. The molecular formula is C32H20N4. The van der Waals surface area contributed by atoms with E-state index < -0.39 is 0 Å². The highest BCUT2D eigenvalue weighted by Gasteiger charge is 2.21. The van der Waals surface area contributed by atoms with Gasteiger partial charge in [-0.3, -0.25) is 9.97 Å². The van der Waals surface area contributed by atoms with Crippen LogP contribution in [0.25, 0.3) is 66.4 Å². The summed E-state index contributed by atoms with van der Waals surface area (Å²) in [6, 6.07) is 35.4. The van der Waals surface area contributed by atoms with Gasteiger partial charge in [0.2, 0.25) is 0 Å². The minimum Gasteiger partial charge on any atom is -0.252 e. The normalized spacial score (nSPS) is 11.3. The molecule has 0 aliphatic heterocycles. The smallest absolute Gasteiger partial charge is 0.160 e. The molecule has 0 saturated heterocycles. The molecule has 0 radical (unpaired) electrons. The van der Waals surface area contributed by atoms with E-state index in [2.05, 4.69) is 91.0 Å². The van der Waals surface area contributed by atoms with Crippen molar-refractivity contribution in [3.05, 3.63) is 122 Å². The van der Waals surface area contributed by atoms with E-state index in [1.165, 1.54) is 0 Å². The van der Waals surface area contributed by atoms with E-state index in [-0.39, 0.29) is 0 Å². The van der Waals surface area contributed by atoms with Crippen LogP contribution in [0.4, 0.5) is 0 Å². The minimum atomic E-state index is 0.693. The van der Waals surface area contributed by atoms with E-state index in [0.717, 1.165) is 60.5 Å². The lowest BCUT2D eigenvalue weighted by Gasteiger charge is -2.17. The van der Waals surface area contributed by atoms with Crippen molar-refractivity contribution >= 4 is 32.7 Å². The molecular weight excluding hydrogens is 440 g/mol. The van der Waals surface area contributed by atoms with E-state index in [9.17, 15) is 0 Å². The monoisotopic (exact) mass is 460 g/mol. The lowest BCUT2D eigenvalue weighted by atomic mass is 9.90. The molecule has 0 N–H and O–H groups in total. The molecule has 0 unspecified atom stereocenters. The van der Waals surface area contributed by atoms with E-state index in [1.54, 1.807) is 12.4 Å². The van der Waals surface area contributed by atoms with Gasteiger partial charge in [-0.15, -0.1) is 0 Å². The fraction of sp³-hybridized carbons (Fsp3) is 0. The van der Waals surface area contributed by atoms with Crippen LogP contribution in [0.15, 0.2) is 122 Å². The van der Waals surface area contributed by atoms with Crippen LogP contribution < -0.4 is 0 Å². The van der Waals surface area contributed by atoms with Crippen molar-refractivity contribution in [1.29, 1.82) is 0 Å². The Bertz CT molecular complexity index is 1880. The summed E-state index contributed by atoms with van der Waals surface area (Å²) in [6.45, 7) is 0. The number of nitrogens with zero attached hydrogens (tertiary/aromatic N) is 4. The Morgan fingerprint density at radius 2 is 1.06 bits per heavy atom. The highest BCUT2D eigenvalue weighted by Crippen LogP contribution is 2.42. The summed E-state index contributed by atoms with van der Waals surface area (Å²) in [5, 5.41) is 3.18. The summed E-state index contributed by atoms with van der Waals surface area (Å²) >= 11 is 0. The Balaban J connectivity index is 1.65. The Hall–Kier alpha value is -4.96. The highest BCUT2D eigenvalue weighted by atomic mass is 14.9. The number of benzene rings is 5. The van der Waals surface area contributed by atoms with Crippen LogP contribution in [0.3, 0.4) is 0 Å². The summed E-state index contributed by atoms with van der Waals surface area (Å²) in [5.74, 6) is 0.693. The molecule has 0 amide bonds. The summed E-state index contributed by atoms with van der Waals surface area (Å²) in [5.41, 5.74) is 7.74. The largest absolute Gasteiger partial charge is 0.252 e. The fourth-order valence-corrected chi connectivity index (χ4v) is 5.02. The highest BCUT2D eigenvalue weighted by molar-refractivity contribution is 6.18. The second-order valence-electron chi connectivity index (χ2n) is 8.72. The van der Waals surface area contributed by atoms with E-state index in [4.69, 9.17) is 19.9 Å². The summed E-state index contributed by atoms with van der Waals surface area (Å²) in [7, 11) is 0. The van der Waals surface area contributed by atoms with Crippen molar-refractivity contribution < 1.29 is 0 Å². The van der Waals surface area contributed by atoms with Gasteiger partial charge in [-0.05, 0) is 21.9 Å². The average Bonchev–Trinajstić information content (AvgIpc) is 2.97. The first-order valence-corrected chi connectivity index (χ1v) is 11.9. The van der Waals surface area contributed by atoms with Crippen molar-refractivity contribution in [2.45, 2.75) is 0 Å². The molecule has 168 valence electrons. The maximum Gasteiger partial charge on any atom is 0.160 e. The van der Waals surface area contributed by atoms with Crippen LogP contribution in [0.5, 0.6) is 0 Å². The number of aromatic nitrogens is 4. The zero-order chi connectivity index (χ0) is 23.9. The third-order valence-electron chi connectivity index (χ3n) is 6.62.